The van der Waals surface area contributed by atoms with E-state index in [9.17, 15) is 25.5 Å². The molecule has 8 aromatic carbocycles. The molecule has 324 valence electrons. The molecule has 0 saturated carbocycles. The molecule has 0 spiro atoms. The van der Waals surface area contributed by atoms with E-state index in [-0.39, 0.29) is 5.70 Å². The summed E-state index contributed by atoms with van der Waals surface area (Å²) in [5, 5.41) is 57.5. The number of hydrogen-bond acceptors (Lipinski definition) is 7. The Kier molecular flexibility index (Phi) is 8.85. The van der Waals surface area contributed by atoms with Gasteiger partial charge in [0.25, 0.3) is 0 Å². The second kappa shape index (κ2) is 15.0. The fourth-order valence-electron chi connectivity index (χ4n) is 10.2. The molecule has 0 saturated heterocycles. The minimum Gasteiger partial charge on any atom is -0.504 e. The maximum atomic E-state index is 11.0. The lowest BCUT2D eigenvalue weighted by Gasteiger charge is -2.23. The highest BCUT2D eigenvalue weighted by atomic mass is 16.5. The number of allylic oxidation sites excluding steroid dienone is 6. The van der Waals surface area contributed by atoms with Crippen LogP contribution < -0.4 is 10.5 Å². The molecule has 0 radical (unpaired) electrons. The highest BCUT2D eigenvalue weighted by Gasteiger charge is 2.45. The van der Waals surface area contributed by atoms with Gasteiger partial charge in [0.1, 0.15) is 11.5 Å². The number of benzene rings is 8. The predicted molar refractivity (Wildman–Crippen MR) is 266 cm³/mol. The van der Waals surface area contributed by atoms with Crippen molar-refractivity contribution in [2.24, 2.45) is 5.73 Å². The number of aromatic nitrogens is 2. The van der Waals surface area contributed by atoms with Crippen molar-refractivity contribution in [2.45, 2.75) is 11.8 Å². The Morgan fingerprint density at radius 2 is 1.13 bits per heavy atom. The van der Waals surface area contributed by atoms with E-state index >= 15 is 0 Å². The van der Waals surface area contributed by atoms with Gasteiger partial charge in [0.05, 0.1) is 33.0 Å². The fourth-order valence-corrected chi connectivity index (χ4v) is 10.2. The Labute approximate surface area is 384 Å². The van der Waals surface area contributed by atoms with Crippen molar-refractivity contribution in [3.8, 4) is 62.4 Å². The van der Waals surface area contributed by atoms with E-state index in [0.29, 0.717) is 12.1 Å². The second-order valence-corrected chi connectivity index (χ2v) is 17.1. The van der Waals surface area contributed by atoms with E-state index < -0.39 is 39.7 Å². The molecule has 10 aromatic rings. The van der Waals surface area contributed by atoms with Crippen LogP contribution in [0.25, 0.3) is 82.9 Å². The van der Waals surface area contributed by atoms with Crippen LogP contribution in [0.3, 0.4) is 0 Å². The molecular formula is C58H41N3O6. The molecular weight excluding hydrogens is 835 g/mol. The van der Waals surface area contributed by atoms with Gasteiger partial charge in [-0.1, -0.05) is 133 Å². The molecule has 3 heterocycles. The molecule has 12 rings (SSSR count). The Morgan fingerprint density at radius 3 is 1.79 bits per heavy atom. The summed E-state index contributed by atoms with van der Waals surface area (Å²) in [6.07, 6.45) is 10.2. The number of phenolic OH excluding ortho intramolecular Hbond substituents is 5. The average molecular weight is 876 g/mol. The zero-order valence-electron chi connectivity index (χ0n) is 35.8. The number of nitrogens with two attached hydrogens (primary N) is 1. The van der Waals surface area contributed by atoms with Crippen LogP contribution in [-0.2, 0) is 5.41 Å². The van der Waals surface area contributed by atoms with Gasteiger partial charge in [-0.25, -0.2) is 0 Å². The van der Waals surface area contributed by atoms with Gasteiger partial charge in [0.2, 0.25) is 17.2 Å². The van der Waals surface area contributed by atoms with Gasteiger partial charge in [-0.05, 0) is 83.8 Å². The monoisotopic (exact) mass is 875 g/mol. The van der Waals surface area contributed by atoms with Crippen molar-refractivity contribution in [1.82, 2.24) is 9.13 Å². The summed E-state index contributed by atoms with van der Waals surface area (Å²) < 4.78 is 11.1. The highest BCUT2D eigenvalue weighted by Crippen LogP contribution is 2.55. The van der Waals surface area contributed by atoms with Crippen molar-refractivity contribution in [2.75, 3.05) is 0 Å². The van der Waals surface area contributed by atoms with Gasteiger partial charge in [0, 0.05) is 49.8 Å². The molecule has 1 aliphatic carbocycles. The van der Waals surface area contributed by atoms with Crippen molar-refractivity contribution >= 4 is 55.0 Å². The van der Waals surface area contributed by atoms with Crippen molar-refractivity contribution < 1.29 is 30.3 Å². The number of aromatic hydroxyl groups is 5. The van der Waals surface area contributed by atoms with E-state index in [1.54, 1.807) is 6.08 Å². The lowest BCUT2D eigenvalue weighted by Crippen LogP contribution is -2.21. The molecule has 1 aliphatic heterocycles. The number of fused-ring (bicyclic) bond motifs is 9. The summed E-state index contributed by atoms with van der Waals surface area (Å²) in [7, 11) is 0. The highest BCUT2D eigenvalue weighted by molar-refractivity contribution is 6.15. The second-order valence-electron chi connectivity index (χ2n) is 17.1. The molecule has 0 fully saturated rings. The van der Waals surface area contributed by atoms with Crippen LogP contribution in [0.4, 0.5) is 0 Å². The van der Waals surface area contributed by atoms with Gasteiger partial charge >= 0.3 is 0 Å². The number of para-hydroxylation sites is 3. The number of hydrogen-bond donors (Lipinski definition) is 6. The van der Waals surface area contributed by atoms with E-state index in [1.807, 2.05) is 72.8 Å². The first-order chi connectivity index (χ1) is 32.7. The third-order valence-electron chi connectivity index (χ3n) is 13.4. The van der Waals surface area contributed by atoms with Crippen molar-refractivity contribution in [3.05, 3.63) is 211 Å². The topological polar surface area (TPSA) is 146 Å². The number of nitrogens with zero attached hydrogens (tertiary/aromatic N) is 2. The zero-order chi connectivity index (χ0) is 45.6. The molecule has 0 amide bonds. The zero-order valence-corrected chi connectivity index (χ0v) is 35.8. The van der Waals surface area contributed by atoms with Gasteiger partial charge in [0.15, 0.2) is 11.5 Å². The Balaban J connectivity index is 1.07. The Bertz CT molecular complexity index is 3740. The summed E-state index contributed by atoms with van der Waals surface area (Å²) in [6, 6.07) is 56.5. The molecule has 67 heavy (non-hydrogen) atoms. The molecule has 9 nitrogen and oxygen atoms in total. The van der Waals surface area contributed by atoms with Gasteiger partial charge in [-0.3, -0.25) is 0 Å². The van der Waals surface area contributed by atoms with Crippen LogP contribution >= 0.6 is 0 Å². The number of ether oxygens (including phenoxy) is 1. The largest absolute Gasteiger partial charge is 0.504 e. The van der Waals surface area contributed by atoms with E-state index in [1.165, 1.54) is 0 Å². The molecule has 2 aliphatic rings. The maximum absolute atomic E-state index is 11.0. The predicted octanol–water partition coefficient (Wildman–Crippen LogP) is 12.8. The van der Waals surface area contributed by atoms with Crippen molar-refractivity contribution in [3.63, 3.8) is 0 Å². The molecule has 1 unspecified atom stereocenters. The standard InChI is InChI=1S/C58H41N3O6/c59-45(51-53(62)55(64)57(66)56(65)54(51)63)33-38(60-46-21-10-7-18-39(46)40-19-8-11-22-47(40)60)27-29-58-28-13-24-50(58)67-49-26-25-37(32-44(49)58)61-48-23-12-9-20-41(48)43-31-36(34-14-3-1-4-15-34)30-42(52(43)61)35-16-5-2-6-17-35/h1-28,30-33,62-66H,29,59H2/b38-27+,45-33-. The Hall–Kier alpha value is -9.08. The quantitative estimate of drug-likeness (QED) is 0.0506. The van der Waals surface area contributed by atoms with Crippen molar-refractivity contribution in [1.29, 1.82) is 0 Å². The fraction of sp³-hybridized carbons (Fsp3) is 0.0345. The maximum Gasteiger partial charge on any atom is 0.208 e. The number of phenols is 5. The lowest BCUT2D eigenvalue weighted by atomic mass is 9.78. The van der Waals surface area contributed by atoms with E-state index in [0.717, 1.165) is 88.6 Å². The smallest absolute Gasteiger partial charge is 0.208 e. The van der Waals surface area contributed by atoms with Crippen LogP contribution in [0.15, 0.2) is 200 Å². The van der Waals surface area contributed by atoms with Crippen LogP contribution in [0.5, 0.6) is 34.5 Å². The average Bonchev–Trinajstić information content (AvgIpc) is 4.11. The van der Waals surface area contributed by atoms with Gasteiger partial charge < -0.3 is 45.1 Å². The molecule has 2 aromatic heterocycles. The first-order valence-corrected chi connectivity index (χ1v) is 22.0. The summed E-state index contributed by atoms with van der Waals surface area (Å²) in [5.74, 6) is -3.36. The first kappa shape index (κ1) is 39.5. The molecule has 9 heteroatoms. The number of rotatable bonds is 8. The molecule has 0 bridgehead atoms. The summed E-state index contributed by atoms with van der Waals surface area (Å²) in [5.41, 5.74) is 16.3. The SMILES string of the molecule is N/C(=C\C(=C/CC12C=CC=C1Oc1ccc(-n3c4ccccc4c4cc(-c5ccccc5)cc(-c5ccccc5)c43)cc12)n1c2ccccc2c2ccccc21)c1c(O)c(O)c(O)c(O)c1O. The normalized spacial score (nSPS) is 15.7. The first-order valence-electron chi connectivity index (χ1n) is 22.0. The van der Waals surface area contributed by atoms with E-state index in [2.05, 4.69) is 124 Å². The third kappa shape index (κ3) is 5.95. The summed E-state index contributed by atoms with van der Waals surface area (Å²) >= 11 is 0. The van der Waals surface area contributed by atoms with Crippen LogP contribution in [0.2, 0.25) is 0 Å². The minimum atomic E-state index is -1.07. The molecule has 7 N–H and O–H groups in total. The summed E-state index contributed by atoms with van der Waals surface area (Å²) in [6.45, 7) is 0. The lowest BCUT2D eigenvalue weighted by molar-refractivity contribution is 0.327. The minimum absolute atomic E-state index is 0.176. The van der Waals surface area contributed by atoms with Crippen LogP contribution in [0.1, 0.15) is 17.5 Å². The summed E-state index contributed by atoms with van der Waals surface area (Å²) in [4.78, 5) is 0. The third-order valence-corrected chi connectivity index (χ3v) is 13.4. The van der Waals surface area contributed by atoms with Crippen LogP contribution in [-0.4, -0.2) is 34.7 Å². The van der Waals surface area contributed by atoms with Gasteiger partial charge in [-0.15, -0.1) is 0 Å². The Morgan fingerprint density at radius 1 is 0.567 bits per heavy atom. The molecule has 1 atom stereocenters. The van der Waals surface area contributed by atoms with Gasteiger partial charge in [-0.2, -0.15) is 0 Å². The van der Waals surface area contributed by atoms with Crippen LogP contribution in [0, 0.1) is 0 Å². The van der Waals surface area contributed by atoms with E-state index in [4.69, 9.17) is 10.5 Å².